The number of hydrogen-bond donors (Lipinski definition) is 3. The minimum atomic E-state index is -0.796. The van der Waals surface area contributed by atoms with E-state index in [1.54, 1.807) is 0 Å². The van der Waals surface area contributed by atoms with Crippen molar-refractivity contribution in [3.05, 3.63) is 0 Å². The highest BCUT2D eigenvalue weighted by molar-refractivity contribution is 6.07. The molecule has 1 spiro atoms. The predicted molar refractivity (Wildman–Crippen MR) is 113 cm³/mol. The lowest BCUT2D eigenvalue weighted by atomic mass is 9.53. The van der Waals surface area contributed by atoms with Gasteiger partial charge in [-0.05, 0) is 87.9 Å². The van der Waals surface area contributed by atoms with Crippen molar-refractivity contribution in [2.75, 3.05) is 6.54 Å². The third-order valence-electron chi connectivity index (χ3n) is 8.61. The molecular weight excluding hydrogens is 396 g/mol. The largest absolute Gasteiger partial charge is 0.332 e. The highest BCUT2D eigenvalue weighted by Crippen LogP contribution is 2.55. The molecule has 6 amide bonds. The van der Waals surface area contributed by atoms with E-state index in [2.05, 4.69) is 22.9 Å². The summed E-state index contributed by atoms with van der Waals surface area (Å²) in [5.41, 5.74) is -0.954. The zero-order valence-electron chi connectivity index (χ0n) is 18.4. The summed E-state index contributed by atoms with van der Waals surface area (Å²) in [6.07, 6.45) is 9.95. The minimum absolute atomic E-state index is 0.00154. The average molecular weight is 431 g/mol. The molecule has 5 aliphatic carbocycles. The van der Waals surface area contributed by atoms with E-state index in [4.69, 9.17) is 0 Å². The van der Waals surface area contributed by atoms with Crippen molar-refractivity contribution in [3.63, 3.8) is 0 Å². The summed E-state index contributed by atoms with van der Waals surface area (Å²) in [7, 11) is 0. The Bertz CT molecular complexity index is 766. The maximum atomic E-state index is 12.9. The van der Waals surface area contributed by atoms with E-state index in [0.29, 0.717) is 36.5 Å². The van der Waals surface area contributed by atoms with Gasteiger partial charge in [0.25, 0.3) is 5.91 Å². The molecule has 0 aromatic heterocycles. The first-order chi connectivity index (χ1) is 14.8. The number of hydrogen-bond acceptors (Lipinski definition) is 4. The summed E-state index contributed by atoms with van der Waals surface area (Å²) >= 11 is 0. The molecule has 170 valence electrons. The Morgan fingerprint density at radius 3 is 2.19 bits per heavy atom. The lowest BCUT2D eigenvalue weighted by Gasteiger charge is -2.56. The Morgan fingerprint density at radius 1 is 1.03 bits per heavy atom. The van der Waals surface area contributed by atoms with E-state index < -0.39 is 23.5 Å². The molecule has 8 nitrogen and oxygen atoms in total. The van der Waals surface area contributed by atoms with Crippen LogP contribution in [0.2, 0.25) is 0 Å². The van der Waals surface area contributed by atoms with Crippen LogP contribution in [0, 0.1) is 23.7 Å². The Morgan fingerprint density at radius 2 is 1.61 bits per heavy atom. The standard InChI is InChI=1S/C23H34N4O4/c1-14-2-5-23(6-3-14)19(29)27(21(31)26-23)7-4-18(28)24-20(30)25-22-11-15-8-16(12-22)10-17(9-15)13-22/h14-17H,2-13H2,1H3,(H,26,31)(H2,24,25,28,30). The molecule has 5 saturated carbocycles. The minimum Gasteiger partial charge on any atom is -0.332 e. The molecule has 31 heavy (non-hydrogen) atoms. The van der Waals surface area contributed by atoms with Crippen LogP contribution in [-0.2, 0) is 9.59 Å². The van der Waals surface area contributed by atoms with Gasteiger partial charge in [0, 0.05) is 18.5 Å². The van der Waals surface area contributed by atoms with Gasteiger partial charge >= 0.3 is 12.1 Å². The average Bonchev–Trinajstić information content (AvgIpc) is 2.90. The summed E-state index contributed by atoms with van der Waals surface area (Å²) in [5.74, 6) is 1.99. The van der Waals surface area contributed by atoms with E-state index in [-0.39, 0.29) is 24.4 Å². The predicted octanol–water partition coefficient (Wildman–Crippen LogP) is 2.67. The highest BCUT2D eigenvalue weighted by Gasteiger charge is 2.53. The molecule has 0 radical (unpaired) electrons. The first-order valence-electron chi connectivity index (χ1n) is 12.0. The number of nitrogens with zero attached hydrogens (tertiary/aromatic N) is 1. The van der Waals surface area contributed by atoms with Gasteiger partial charge in [0.1, 0.15) is 5.54 Å². The topological polar surface area (TPSA) is 108 Å². The number of imide groups is 2. The van der Waals surface area contributed by atoms with Crippen molar-refractivity contribution in [1.82, 2.24) is 20.9 Å². The van der Waals surface area contributed by atoms with Gasteiger partial charge in [-0.3, -0.25) is 19.8 Å². The molecule has 0 atom stereocenters. The molecule has 6 rings (SSSR count). The normalized spacial score (nSPS) is 40.9. The summed E-state index contributed by atoms with van der Waals surface area (Å²) in [6, 6.07) is -0.868. The molecule has 0 aromatic rings. The fourth-order valence-corrected chi connectivity index (χ4v) is 7.41. The molecule has 1 saturated heterocycles. The maximum Gasteiger partial charge on any atom is 0.325 e. The Hall–Kier alpha value is -2.12. The van der Waals surface area contributed by atoms with Crippen molar-refractivity contribution < 1.29 is 19.2 Å². The van der Waals surface area contributed by atoms with Crippen molar-refractivity contribution in [3.8, 4) is 0 Å². The monoisotopic (exact) mass is 430 g/mol. The molecule has 0 unspecified atom stereocenters. The van der Waals surface area contributed by atoms with E-state index in [0.717, 1.165) is 37.0 Å². The van der Waals surface area contributed by atoms with E-state index in [9.17, 15) is 19.2 Å². The summed E-state index contributed by atoms with van der Waals surface area (Å²) < 4.78 is 0. The second-order valence-corrected chi connectivity index (χ2v) is 11.1. The van der Waals surface area contributed by atoms with Crippen molar-refractivity contribution in [2.24, 2.45) is 23.7 Å². The van der Waals surface area contributed by atoms with E-state index >= 15 is 0 Å². The van der Waals surface area contributed by atoms with Gasteiger partial charge in [-0.25, -0.2) is 9.59 Å². The molecule has 8 heteroatoms. The van der Waals surface area contributed by atoms with Crippen molar-refractivity contribution in [1.29, 1.82) is 0 Å². The molecule has 4 bridgehead atoms. The van der Waals surface area contributed by atoms with Crippen LogP contribution in [-0.4, -0.2) is 46.4 Å². The first-order valence-corrected chi connectivity index (χ1v) is 12.0. The number of rotatable bonds is 4. The molecule has 0 aromatic carbocycles. The highest BCUT2D eigenvalue weighted by atomic mass is 16.2. The Kier molecular flexibility index (Phi) is 5.01. The van der Waals surface area contributed by atoms with Crippen LogP contribution in [0.25, 0.3) is 0 Å². The number of nitrogens with one attached hydrogen (secondary N) is 3. The Balaban J connectivity index is 1.12. The van der Waals surface area contributed by atoms with E-state index in [1.807, 2.05) is 0 Å². The van der Waals surface area contributed by atoms with Gasteiger partial charge in [-0.2, -0.15) is 0 Å². The summed E-state index contributed by atoms with van der Waals surface area (Å²) in [4.78, 5) is 51.3. The fraction of sp³-hybridized carbons (Fsp3) is 0.826. The lowest BCUT2D eigenvalue weighted by Crippen LogP contribution is -2.61. The van der Waals surface area contributed by atoms with Crippen LogP contribution in [0.5, 0.6) is 0 Å². The maximum absolute atomic E-state index is 12.9. The summed E-state index contributed by atoms with van der Waals surface area (Å²) in [5, 5.41) is 8.41. The van der Waals surface area contributed by atoms with Gasteiger partial charge in [-0.15, -0.1) is 0 Å². The smallest absolute Gasteiger partial charge is 0.325 e. The van der Waals surface area contributed by atoms with Crippen molar-refractivity contribution in [2.45, 2.75) is 88.6 Å². The Labute approximate surface area is 183 Å². The first kappa shape index (κ1) is 20.8. The number of carbonyl (C=O) groups excluding carboxylic acids is 4. The fourth-order valence-electron chi connectivity index (χ4n) is 7.41. The van der Waals surface area contributed by atoms with Gasteiger partial charge in [0.05, 0.1) is 0 Å². The SMILES string of the molecule is CC1CCC2(CC1)NC(=O)N(CCC(=O)NC(=O)NC13CC4CC(CC(C4)C1)C3)C2=O. The lowest BCUT2D eigenvalue weighted by molar-refractivity contribution is -0.133. The van der Waals surface area contributed by atoms with Crippen LogP contribution < -0.4 is 16.0 Å². The van der Waals surface area contributed by atoms with E-state index in [1.165, 1.54) is 19.3 Å². The van der Waals surface area contributed by atoms with Crippen LogP contribution in [0.15, 0.2) is 0 Å². The molecular formula is C23H34N4O4. The molecule has 3 N–H and O–H groups in total. The molecule has 6 fully saturated rings. The number of amides is 6. The van der Waals surface area contributed by atoms with Crippen LogP contribution >= 0.6 is 0 Å². The third kappa shape index (κ3) is 3.82. The van der Waals surface area contributed by atoms with Crippen LogP contribution in [0.1, 0.15) is 77.6 Å². The molecule has 1 aliphatic heterocycles. The van der Waals surface area contributed by atoms with Gasteiger partial charge in [0.15, 0.2) is 0 Å². The molecule has 1 heterocycles. The third-order valence-corrected chi connectivity index (χ3v) is 8.61. The second-order valence-electron chi connectivity index (χ2n) is 11.1. The van der Waals surface area contributed by atoms with Gasteiger partial charge in [-0.1, -0.05) is 6.92 Å². The van der Waals surface area contributed by atoms with Gasteiger partial charge in [0.2, 0.25) is 5.91 Å². The summed E-state index contributed by atoms with van der Waals surface area (Å²) in [6.45, 7) is 2.16. The second kappa shape index (κ2) is 7.48. The molecule has 6 aliphatic rings. The van der Waals surface area contributed by atoms with Crippen LogP contribution in [0.4, 0.5) is 9.59 Å². The number of carbonyl (C=O) groups is 4. The van der Waals surface area contributed by atoms with Crippen molar-refractivity contribution >= 4 is 23.9 Å². The van der Waals surface area contributed by atoms with Crippen LogP contribution in [0.3, 0.4) is 0 Å². The quantitative estimate of drug-likeness (QED) is 0.596. The zero-order valence-corrected chi connectivity index (χ0v) is 18.4. The van der Waals surface area contributed by atoms with Gasteiger partial charge < -0.3 is 10.6 Å². The zero-order chi connectivity index (χ0) is 21.8. The number of urea groups is 2.